The lowest BCUT2D eigenvalue weighted by atomic mass is 9.33. The lowest BCUT2D eigenvalue weighted by Crippen LogP contribution is -2.65. The first-order valence-electron chi connectivity index (χ1n) is 21.7. The van der Waals surface area contributed by atoms with Crippen molar-refractivity contribution < 1.29 is 19.4 Å². The summed E-state index contributed by atoms with van der Waals surface area (Å²) in [4.78, 5) is 26.2. The molecule has 0 bridgehead atoms. The van der Waals surface area contributed by atoms with Gasteiger partial charge in [-0.1, -0.05) is 144 Å². The summed E-state index contributed by atoms with van der Waals surface area (Å²) < 4.78 is 6.38. The molecule has 0 spiro atoms. The number of rotatable bonds is 16. The minimum atomic E-state index is -0.581. The Morgan fingerprint density at radius 2 is 1.30 bits per heavy atom. The lowest BCUT2D eigenvalue weighted by molar-refractivity contribution is -0.214. The third-order valence-corrected chi connectivity index (χ3v) is 16.8. The van der Waals surface area contributed by atoms with Gasteiger partial charge in [-0.2, -0.15) is 0 Å². The number of esters is 1. The van der Waals surface area contributed by atoms with Gasteiger partial charge in [0.05, 0.1) is 5.41 Å². The van der Waals surface area contributed by atoms with Crippen LogP contribution in [0.3, 0.4) is 0 Å². The van der Waals surface area contributed by atoms with E-state index in [-0.39, 0.29) is 45.1 Å². The van der Waals surface area contributed by atoms with E-state index in [9.17, 15) is 14.7 Å². The van der Waals surface area contributed by atoms with Crippen LogP contribution in [0.4, 0.5) is 0 Å². The molecule has 5 aliphatic carbocycles. The summed E-state index contributed by atoms with van der Waals surface area (Å²) in [7, 11) is 0. The van der Waals surface area contributed by atoms with Gasteiger partial charge in [-0.3, -0.25) is 9.59 Å². The number of carbonyl (C=O) groups is 2. The highest BCUT2D eigenvalue weighted by atomic mass is 16.5. The summed E-state index contributed by atoms with van der Waals surface area (Å²) in [6, 6.07) is 0. The monoisotopic (exact) mass is 695 g/mol. The van der Waals surface area contributed by atoms with Crippen molar-refractivity contribution in [2.75, 3.05) is 0 Å². The zero-order valence-corrected chi connectivity index (χ0v) is 34.0. The molecule has 50 heavy (non-hydrogen) atoms. The van der Waals surface area contributed by atoms with Crippen LogP contribution in [-0.2, 0) is 14.3 Å². The summed E-state index contributed by atoms with van der Waals surface area (Å²) in [5.41, 5.74) is 1.45. The Balaban J connectivity index is 1.15. The number of aliphatic carboxylic acids is 1. The fourth-order valence-electron chi connectivity index (χ4n) is 13.3. The number of unbranched alkanes of at least 4 members (excludes halogenated alkanes) is 12. The van der Waals surface area contributed by atoms with Crippen molar-refractivity contribution in [3.63, 3.8) is 0 Å². The minimum Gasteiger partial charge on any atom is -0.481 e. The number of carboxylic acids is 1. The van der Waals surface area contributed by atoms with E-state index in [1.807, 2.05) is 0 Å². The number of hydrogen-bond acceptors (Lipinski definition) is 3. The normalized spacial score (nSPS) is 38.5. The van der Waals surface area contributed by atoms with Crippen molar-refractivity contribution >= 4 is 11.9 Å². The molecule has 1 N–H and O–H groups in total. The number of carboxylic acid groups (broad SMARTS) is 1. The molecule has 0 saturated heterocycles. The molecule has 4 fully saturated rings. The zero-order valence-electron chi connectivity index (χ0n) is 34.0. The first-order valence-corrected chi connectivity index (χ1v) is 21.7. The SMILES string of the molecule is CCCCCCCCCCCCCCCC(=O)O[C@H]1CC[C@]2(C)[C@H]3CC=C4[C@@H]5CC(C)(C)CC[C@]5(C(=O)O)CC[C@@]4(C)[C@]3(C)CC[C@H]2C1(C)C. The van der Waals surface area contributed by atoms with E-state index in [1.54, 1.807) is 0 Å². The van der Waals surface area contributed by atoms with Gasteiger partial charge < -0.3 is 9.84 Å². The maximum absolute atomic E-state index is 13.2. The highest BCUT2D eigenvalue weighted by Gasteiger charge is 2.69. The van der Waals surface area contributed by atoms with Crippen LogP contribution in [0.5, 0.6) is 0 Å². The molecule has 8 atom stereocenters. The molecule has 4 saturated carbocycles. The smallest absolute Gasteiger partial charge is 0.310 e. The molecule has 0 heterocycles. The van der Waals surface area contributed by atoms with Crippen LogP contribution < -0.4 is 0 Å². The van der Waals surface area contributed by atoms with Crippen LogP contribution in [0, 0.1) is 50.2 Å². The molecule has 0 aromatic rings. The minimum absolute atomic E-state index is 0.0000165. The van der Waals surface area contributed by atoms with Gasteiger partial charge >= 0.3 is 11.9 Å². The molecule has 286 valence electrons. The Morgan fingerprint density at radius 1 is 0.720 bits per heavy atom. The van der Waals surface area contributed by atoms with Crippen LogP contribution >= 0.6 is 0 Å². The first-order chi connectivity index (χ1) is 23.6. The van der Waals surface area contributed by atoms with Crippen molar-refractivity contribution in [3.8, 4) is 0 Å². The molecule has 0 amide bonds. The lowest BCUT2D eigenvalue weighted by Gasteiger charge is -2.71. The molecule has 0 unspecified atom stereocenters. The first kappa shape index (κ1) is 39.9. The fourth-order valence-corrected chi connectivity index (χ4v) is 13.3. The predicted molar refractivity (Wildman–Crippen MR) is 207 cm³/mol. The van der Waals surface area contributed by atoms with Crippen LogP contribution in [0.25, 0.3) is 0 Å². The highest BCUT2D eigenvalue weighted by molar-refractivity contribution is 5.76. The number of carbonyl (C=O) groups excluding carboxylic acids is 1. The second-order valence-electron chi connectivity index (χ2n) is 20.5. The van der Waals surface area contributed by atoms with Gasteiger partial charge in [0.1, 0.15) is 6.10 Å². The van der Waals surface area contributed by atoms with Gasteiger partial charge in [0.15, 0.2) is 0 Å². The number of ether oxygens (including phenoxy) is 1. The molecule has 5 rings (SSSR count). The predicted octanol–water partition coefficient (Wildman–Crippen LogP) is 13.3. The highest BCUT2D eigenvalue weighted by Crippen LogP contribution is 2.75. The van der Waals surface area contributed by atoms with Crippen molar-refractivity contribution in [2.45, 2.75) is 216 Å². The molecular weight excluding hydrogens is 617 g/mol. The standard InChI is InChI=1S/C46H78O4/c1-9-10-11-12-13-14-15-16-17-18-19-20-21-22-39(47)50-38-26-27-43(6)36(42(38,4)5)25-28-45(8)37(43)24-23-34-35-33-41(2,3)29-31-46(35,40(48)49)32-30-44(34,45)7/h23,35-38H,9-22,24-33H2,1-8H3,(H,48,49)/t35-,36-,37+,38-,43-,44+,45+,46-/m0/s1. The maximum Gasteiger partial charge on any atom is 0.310 e. The summed E-state index contributed by atoms with van der Waals surface area (Å²) in [5, 5.41) is 10.7. The summed E-state index contributed by atoms with van der Waals surface area (Å²) in [6.07, 6.45) is 30.4. The van der Waals surface area contributed by atoms with Crippen molar-refractivity contribution in [1.29, 1.82) is 0 Å². The second-order valence-corrected chi connectivity index (χ2v) is 20.5. The molecule has 5 aliphatic rings. The summed E-state index contributed by atoms with van der Waals surface area (Å²) >= 11 is 0. The average molecular weight is 695 g/mol. The van der Waals surface area contributed by atoms with E-state index in [0.29, 0.717) is 18.3 Å². The Kier molecular flexibility index (Phi) is 12.4. The number of allylic oxidation sites excluding steroid dienone is 2. The Bertz CT molecular complexity index is 1210. The molecule has 0 aromatic carbocycles. The van der Waals surface area contributed by atoms with Crippen LogP contribution in [0.15, 0.2) is 11.6 Å². The van der Waals surface area contributed by atoms with E-state index in [0.717, 1.165) is 64.2 Å². The van der Waals surface area contributed by atoms with Gasteiger partial charge in [0.2, 0.25) is 0 Å². The maximum atomic E-state index is 13.2. The van der Waals surface area contributed by atoms with Crippen molar-refractivity contribution in [2.24, 2.45) is 50.2 Å². The third-order valence-electron chi connectivity index (χ3n) is 16.8. The molecule has 0 radical (unpaired) electrons. The Labute approximate surface area is 308 Å². The average Bonchev–Trinajstić information content (AvgIpc) is 3.04. The fraction of sp³-hybridized carbons (Fsp3) is 0.913. The van der Waals surface area contributed by atoms with E-state index in [1.165, 1.54) is 89.0 Å². The van der Waals surface area contributed by atoms with Crippen molar-refractivity contribution in [3.05, 3.63) is 11.6 Å². The van der Waals surface area contributed by atoms with Gasteiger partial charge in [-0.25, -0.2) is 0 Å². The summed E-state index contributed by atoms with van der Waals surface area (Å²) in [5.74, 6) is 0.718. The van der Waals surface area contributed by atoms with E-state index < -0.39 is 11.4 Å². The van der Waals surface area contributed by atoms with Crippen LogP contribution in [0.2, 0.25) is 0 Å². The second kappa shape index (κ2) is 15.6. The molecule has 4 heteroatoms. The number of fused-ring (bicyclic) bond motifs is 7. The van der Waals surface area contributed by atoms with Gasteiger partial charge in [0.25, 0.3) is 0 Å². The van der Waals surface area contributed by atoms with Crippen LogP contribution in [0.1, 0.15) is 209 Å². The molecular formula is C46H78O4. The van der Waals surface area contributed by atoms with E-state index in [2.05, 4.69) is 61.5 Å². The Morgan fingerprint density at radius 3 is 1.90 bits per heavy atom. The number of hydrogen-bond donors (Lipinski definition) is 1. The Hall–Kier alpha value is -1.32. The van der Waals surface area contributed by atoms with Gasteiger partial charge in [-0.15, -0.1) is 0 Å². The topological polar surface area (TPSA) is 63.6 Å². The van der Waals surface area contributed by atoms with E-state index >= 15 is 0 Å². The quantitative estimate of drug-likeness (QED) is 0.0992. The molecule has 0 aliphatic heterocycles. The van der Waals surface area contributed by atoms with Crippen molar-refractivity contribution in [1.82, 2.24) is 0 Å². The van der Waals surface area contributed by atoms with Gasteiger partial charge in [-0.05, 0) is 110 Å². The van der Waals surface area contributed by atoms with Crippen LogP contribution in [-0.4, -0.2) is 23.1 Å². The van der Waals surface area contributed by atoms with Gasteiger partial charge in [0, 0.05) is 11.8 Å². The largest absolute Gasteiger partial charge is 0.481 e. The zero-order chi connectivity index (χ0) is 36.4. The van der Waals surface area contributed by atoms with E-state index in [4.69, 9.17) is 4.74 Å². The summed E-state index contributed by atoms with van der Waals surface area (Å²) in [6.45, 7) is 19.5. The molecule has 4 nitrogen and oxygen atoms in total. The third kappa shape index (κ3) is 7.41. The molecule has 0 aromatic heterocycles.